The number of rotatable bonds is 4. The lowest BCUT2D eigenvalue weighted by Gasteiger charge is -2.09. The second-order valence-corrected chi connectivity index (χ2v) is 4.38. The quantitative estimate of drug-likeness (QED) is 0.938. The van der Waals surface area contributed by atoms with Crippen LogP contribution in [0.25, 0.3) is 0 Å². The maximum absolute atomic E-state index is 13.7. The number of amides is 1. The van der Waals surface area contributed by atoms with Crippen molar-refractivity contribution in [3.8, 4) is 11.8 Å². The van der Waals surface area contributed by atoms with Crippen LogP contribution in [-0.2, 0) is 4.79 Å². The fraction of sp³-hybridized carbons (Fsp3) is 0.125. The molecule has 4 nitrogen and oxygen atoms in total. The summed E-state index contributed by atoms with van der Waals surface area (Å²) in [4.78, 5) is 11.8. The average Bonchev–Trinajstić information content (AvgIpc) is 2.49. The van der Waals surface area contributed by atoms with Crippen molar-refractivity contribution < 1.29 is 13.9 Å². The Morgan fingerprint density at radius 2 is 2.05 bits per heavy atom. The molecule has 21 heavy (non-hydrogen) atoms. The maximum atomic E-state index is 13.7. The van der Waals surface area contributed by atoms with Crippen molar-refractivity contribution in [2.45, 2.75) is 6.92 Å². The zero-order valence-corrected chi connectivity index (χ0v) is 11.4. The summed E-state index contributed by atoms with van der Waals surface area (Å²) in [6.07, 6.45) is 0. The molecule has 2 aromatic rings. The van der Waals surface area contributed by atoms with E-state index >= 15 is 0 Å². The Balaban J connectivity index is 2.00. The summed E-state index contributed by atoms with van der Waals surface area (Å²) in [6.45, 7) is 1.28. The fourth-order valence-electron chi connectivity index (χ4n) is 1.75. The molecule has 0 aliphatic carbocycles. The van der Waals surface area contributed by atoms with Crippen molar-refractivity contribution >= 4 is 11.6 Å². The van der Waals surface area contributed by atoms with Crippen LogP contribution in [0.5, 0.6) is 5.75 Å². The number of halogens is 1. The van der Waals surface area contributed by atoms with Crippen molar-refractivity contribution in [2.75, 3.05) is 11.9 Å². The van der Waals surface area contributed by atoms with Gasteiger partial charge in [-0.25, -0.2) is 4.39 Å². The molecule has 0 aliphatic rings. The Kier molecular flexibility index (Phi) is 4.52. The van der Waals surface area contributed by atoms with Gasteiger partial charge in [0.25, 0.3) is 5.91 Å². The van der Waals surface area contributed by atoms with E-state index in [2.05, 4.69) is 5.32 Å². The number of nitrogens with zero attached hydrogens (tertiary/aromatic N) is 1. The number of para-hydroxylation sites is 1. The molecule has 0 bridgehead atoms. The molecular formula is C16H13FN2O2. The molecule has 0 heterocycles. The summed E-state index contributed by atoms with van der Waals surface area (Å²) in [5.41, 5.74) is 1.20. The summed E-state index contributed by atoms with van der Waals surface area (Å²) in [5.74, 6) is -0.917. The third-order valence-corrected chi connectivity index (χ3v) is 2.84. The Hall–Kier alpha value is -2.87. The normalized spacial score (nSPS) is 9.76. The van der Waals surface area contributed by atoms with Gasteiger partial charge in [-0.1, -0.05) is 24.3 Å². The summed E-state index contributed by atoms with van der Waals surface area (Å²) < 4.78 is 18.9. The Bertz CT molecular complexity index is 708. The third-order valence-electron chi connectivity index (χ3n) is 2.84. The number of hydrogen-bond acceptors (Lipinski definition) is 3. The number of benzene rings is 2. The van der Waals surface area contributed by atoms with Crippen LogP contribution >= 0.6 is 0 Å². The van der Waals surface area contributed by atoms with Crippen molar-refractivity contribution in [1.82, 2.24) is 0 Å². The molecule has 2 rings (SSSR count). The molecule has 0 unspecified atom stereocenters. The van der Waals surface area contributed by atoms with E-state index < -0.39 is 11.7 Å². The minimum absolute atomic E-state index is 0.0266. The molecule has 5 heteroatoms. The topological polar surface area (TPSA) is 62.1 Å². The van der Waals surface area contributed by atoms with Crippen LogP contribution in [0.2, 0.25) is 0 Å². The molecule has 0 spiro atoms. The van der Waals surface area contributed by atoms with Crippen molar-refractivity contribution in [1.29, 1.82) is 5.26 Å². The monoisotopic (exact) mass is 284 g/mol. The van der Waals surface area contributed by atoms with Crippen LogP contribution in [0.4, 0.5) is 10.1 Å². The number of ether oxygens (including phenoxy) is 1. The van der Waals surface area contributed by atoms with Gasteiger partial charge in [-0.2, -0.15) is 5.26 Å². The Morgan fingerprint density at radius 1 is 1.29 bits per heavy atom. The Morgan fingerprint density at radius 3 is 2.81 bits per heavy atom. The molecule has 0 saturated carbocycles. The highest BCUT2D eigenvalue weighted by Gasteiger charge is 2.10. The molecule has 0 radical (unpaired) electrons. The van der Waals surface area contributed by atoms with Crippen molar-refractivity contribution in [3.63, 3.8) is 0 Å². The van der Waals surface area contributed by atoms with E-state index in [-0.39, 0.29) is 12.4 Å². The number of hydrogen-bond donors (Lipinski definition) is 1. The number of carbonyl (C=O) groups excluding carboxylic acids is 1. The van der Waals surface area contributed by atoms with Gasteiger partial charge in [0.15, 0.2) is 18.2 Å². The number of nitrogens with one attached hydrogen (secondary N) is 1. The molecule has 2 aromatic carbocycles. The second kappa shape index (κ2) is 6.53. The lowest BCUT2D eigenvalue weighted by Crippen LogP contribution is -2.21. The van der Waals surface area contributed by atoms with Crippen LogP contribution in [0.1, 0.15) is 11.1 Å². The first-order valence-electron chi connectivity index (χ1n) is 6.28. The predicted molar refractivity (Wildman–Crippen MR) is 76.4 cm³/mol. The summed E-state index contributed by atoms with van der Waals surface area (Å²) in [7, 11) is 0. The minimum atomic E-state index is -0.484. The van der Waals surface area contributed by atoms with E-state index in [4.69, 9.17) is 10.00 Å². The average molecular weight is 284 g/mol. The zero-order valence-electron chi connectivity index (χ0n) is 11.4. The smallest absolute Gasteiger partial charge is 0.262 e. The largest absolute Gasteiger partial charge is 0.481 e. The minimum Gasteiger partial charge on any atom is -0.481 e. The molecule has 106 valence electrons. The highest BCUT2D eigenvalue weighted by molar-refractivity contribution is 5.93. The molecule has 0 atom stereocenters. The van der Waals surface area contributed by atoms with Crippen LogP contribution in [0.15, 0.2) is 42.5 Å². The standard InChI is InChI=1S/C16H13FN2O2/c1-11-5-4-8-14(16(11)17)21-10-15(20)19-13-7-3-2-6-12(13)9-18/h2-8H,10H2,1H3,(H,19,20). The van der Waals surface area contributed by atoms with Gasteiger partial charge in [0.1, 0.15) is 6.07 Å². The van der Waals surface area contributed by atoms with Gasteiger partial charge in [0.2, 0.25) is 0 Å². The van der Waals surface area contributed by atoms with Gasteiger partial charge in [-0.05, 0) is 30.7 Å². The van der Waals surface area contributed by atoms with Crippen molar-refractivity contribution in [2.24, 2.45) is 0 Å². The van der Waals surface area contributed by atoms with E-state index in [9.17, 15) is 9.18 Å². The van der Waals surface area contributed by atoms with Gasteiger partial charge < -0.3 is 10.1 Å². The lowest BCUT2D eigenvalue weighted by atomic mass is 10.2. The fourth-order valence-corrected chi connectivity index (χ4v) is 1.75. The van der Waals surface area contributed by atoms with E-state index in [0.717, 1.165) is 0 Å². The summed E-state index contributed by atoms with van der Waals surface area (Å²) in [6, 6.07) is 13.3. The molecule has 1 amide bonds. The van der Waals surface area contributed by atoms with Gasteiger partial charge in [0.05, 0.1) is 11.3 Å². The number of carbonyl (C=O) groups is 1. The summed E-state index contributed by atoms with van der Waals surface area (Å²) >= 11 is 0. The molecule has 0 aliphatic heterocycles. The van der Waals surface area contributed by atoms with E-state index in [1.807, 2.05) is 6.07 Å². The maximum Gasteiger partial charge on any atom is 0.262 e. The number of aryl methyl sites for hydroxylation is 1. The van der Waals surface area contributed by atoms with Crippen LogP contribution in [0.3, 0.4) is 0 Å². The van der Waals surface area contributed by atoms with E-state index in [0.29, 0.717) is 16.8 Å². The second-order valence-electron chi connectivity index (χ2n) is 4.38. The lowest BCUT2D eigenvalue weighted by molar-refractivity contribution is -0.118. The highest BCUT2D eigenvalue weighted by Crippen LogP contribution is 2.19. The van der Waals surface area contributed by atoms with Crippen molar-refractivity contribution in [3.05, 3.63) is 59.4 Å². The number of anilines is 1. The summed E-state index contributed by atoms with van der Waals surface area (Å²) in [5, 5.41) is 11.5. The highest BCUT2D eigenvalue weighted by atomic mass is 19.1. The predicted octanol–water partition coefficient (Wildman–Crippen LogP) is 3.02. The van der Waals surface area contributed by atoms with E-state index in [1.54, 1.807) is 43.3 Å². The van der Waals surface area contributed by atoms with Crippen LogP contribution in [-0.4, -0.2) is 12.5 Å². The van der Waals surface area contributed by atoms with Gasteiger partial charge in [0, 0.05) is 0 Å². The Labute approximate surface area is 121 Å². The van der Waals surface area contributed by atoms with Gasteiger partial charge in [-0.15, -0.1) is 0 Å². The zero-order chi connectivity index (χ0) is 15.2. The van der Waals surface area contributed by atoms with Crippen LogP contribution < -0.4 is 10.1 Å². The number of nitriles is 1. The van der Waals surface area contributed by atoms with E-state index in [1.165, 1.54) is 6.07 Å². The molecule has 0 fully saturated rings. The molecule has 1 N–H and O–H groups in total. The first kappa shape index (κ1) is 14.5. The first-order valence-corrected chi connectivity index (χ1v) is 6.28. The molecule has 0 aromatic heterocycles. The molecular weight excluding hydrogens is 271 g/mol. The van der Waals surface area contributed by atoms with Crippen LogP contribution in [0, 0.1) is 24.1 Å². The van der Waals surface area contributed by atoms with Gasteiger partial charge >= 0.3 is 0 Å². The SMILES string of the molecule is Cc1cccc(OCC(=O)Nc2ccccc2C#N)c1F. The molecule has 0 saturated heterocycles. The first-order chi connectivity index (χ1) is 10.1. The third kappa shape index (κ3) is 3.57. The van der Waals surface area contributed by atoms with Gasteiger partial charge in [-0.3, -0.25) is 4.79 Å².